The van der Waals surface area contributed by atoms with E-state index in [1.165, 1.54) is 19.2 Å². The largest absolute Gasteiger partial charge is 0.493 e. The van der Waals surface area contributed by atoms with Crippen LogP contribution in [0, 0.1) is 0 Å². The van der Waals surface area contributed by atoms with Crippen LogP contribution >= 0.6 is 0 Å². The second-order valence-corrected chi connectivity index (χ2v) is 4.13. The van der Waals surface area contributed by atoms with Crippen molar-refractivity contribution in [1.82, 2.24) is 4.98 Å². The van der Waals surface area contributed by atoms with Crippen molar-refractivity contribution in [3.8, 4) is 11.5 Å². The van der Waals surface area contributed by atoms with Crippen molar-refractivity contribution in [3.05, 3.63) is 53.9 Å². The summed E-state index contributed by atoms with van der Waals surface area (Å²) in [5.74, 6) is -0.0535. The van der Waals surface area contributed by atoms with E-state index in [0.717, 1.165) is 5.56 Å². The lowest BCUT2D eigenvalue weighted by Gasteiger charge is -2.11. The minimum absolute atomic E-state index is 0.169. The zero-order chi connectivity index (χ0) is 14.4. The van der Waals surface area contributed by atoms with E-state index in [1.54, 1.807) is 18.5 Å². The first-order valence-corrected chi connectivity index (χ1v) is 6.13. The zero-order valence-electron chi connectivity index (χ0n) is 11.1. The van der Waals surface area contributed by atoms with Gasteiger partial charge in [0.1, 0.15) is 0 Å². The predicted molar refractivity (Wildman–Crippen MR) is 73.4 cm³/mol. The Hall–Kier alpha value is -2.56. The number of hydrogen-bond acceptors (Lipinski definition) is 4. The molecule has 2 aromatic rings. The first-order valence-electron chi connectivity index (χ1n) is 6.13. The van der Waals surface area contributed by atoms with Crippen LogP contribution in [0.15, 0.2) is 42.7 Å². The Bertz CT molecular complexity index is 584. The smallest absolute Gasteiger partial charge is 0.335 e. The molecule has 5 heteroatoms. The highest BCUT2D eigenvalue weighted by atomic mass is 16.5. The number of carboxylic acid groups (broad SMARTS) is 1. The molecular formula is C15H15NO4. The highest BCUT2D eigenvalue weighted by Gasteiger charge is 2.10. The summed E-state index contributed by atoms with van der Waals surface area (Å²) in [6.07, 6.45) is 4.17. The molecule has 0 radical (unpaired) electrons. The van der Waals surface area contributed by atoms with E-state index in [0.29, 0.717) is 24.5 Å². The topological polar surface area (TPSA) is 68.7 Å². The van der Waals surface area contributed by atoms with Crippen LogP contribution in [0.4, 0.5) is 0 Å². The number of hydrogen-bond donors (Lipinski definition) is 1. The Morgan fingerprint density at radius 1 is 1.30 bits per heavy atom. The van der Waals surface area contributed by atoms with Crippen LogP contribution in [0.2, 0.25) is 0 Å². The van der Waals surface area contributed by atoms with Crippen molar-refractivity contribution in [2.45, 2.75) is 6.42 Å². The Labute approximate surface area is 116 Å². The van der Waals surface area contributed by atoms with Gasteiger partial charge in [-0.1, -0.05) is 6.07 Å². The second kappa shape index (κ2) is 6.56. The van der Waals surface area contributed by atoms with Crippen molar-refractivity contribution in [1.29, 1.82) is 0 Å². The summed E-state index contributed by atoms with van der Waals surface area (Å²) in [4.78, 5) is 15.0. The zero-order valence-corrected chi connectivity index (χ0v) is 11.1. The summed E-state index contributed by atoms with van der Waals surface area (Å²) in [6.45, 7) is 0.422. The minimum Gasteiger partial charge on any atom is -0.493 e. The standard InChI is InChI=1S/C15H15NO4/c1-19-13-5-4-12(15(17)18)9-14(13)20-8-6-11-3-2-7-16-10-11/h2-5,7,9-10H,6,8H2,1H3,(H,17,18). The summed E-state index contributed by atoms with van der Waals surface area (Å²) < 4.78 is 10.8. The van der Waals surface area contributed by atoms with Crippen molar-refractivity contribution in [3.63, 3.8) is 0 Å². The van der Waals surface area contributed by atoms with Gasteiger partial charge in [0.2, 0.25) is 0 Å². The Morgan fingerprint density at radius 2 is 2.15 bits per heavy atom. The third kappa shape index (κ3) is 3.47. The Balaban J connectivity index is 2.04. The monoisotopic (exact) mass is 273 g/mol. The normalized spacial score (nSPS) is 10.1. The lowest BCUT2D eigenvalue weighted by atomic mass is 10.2. The fraction of sp³-hybridized carbons (Fsp3) is 0.200. The van der Waals surface area contributed by atoms with Crippen molar-refractivity contribution in [2.24, 2.45) is 0 Å². The number of methoxy groups -OCH3 is 1. The van der Waals surface area contributed by atoms with Gasteiger partial charge in [-0.15, -0.1) is 0 Å². The maximum Gasteiger partial charge on any atom is 0.335 e. The lowest BCUT2D eigenvalue weighted by molar-refractivity contribution is 0.0696. The second-order valence-electron chi connectivity index (χ2n) is 4.13. The van der Waals surface area contributed by atoms with Crippen LogP contribution in [0.25, 0.3) is 0 Å². The highest BCUT2D eigenvalue weighted by molar-refractivity contribution is 5.88. The van der Waals surface area contributed by atoms with Gasteiger partial charge in [0.25, 0.3) is 0 Å². The van der Waals surface area contributed by atoms with Crippen LogP contribution in [-0.4, -0.2) is 29.8 Å². The third-order valence-electron chi connectivity index (χ3n) is 2.78. The SMILES string of the molecule is COc1ccc(C(=O)O)cc1OCCc1cccnc1. The average molecular weight is 273 g/mol. The van der Waals surface area contributed by atoms with Gasteiger partial charge in [0.15, 0.2) is 11.5 Å². The van der Waals surface area contributed by atoms with Crippen molar-refractivity contribution in [2.75, 3.05) is 13.7 Å². The van der Waals surface area contributed by atoms with Crippen LogP contribution < -0.4 is 9.47 Å². The van der Waals surface area contributed by atoms with Gasteiger partial charge in [-0.05, 0) is 29.8 Å². The quantitative estimate of drug-likeness (QED) is 0.875. The molecule has 0 unspecified atom stereocenters. The molecule has 1 aromatic carbocycles. The maximum atomic E-state index is 10.9. The summed E-state index contributed by atoms with van der Waals surface area (Å²) in [5, 5.41) is 8.97. The molecule has 0 spiro atoms. The van der Waals surface area contributed by atoms with Gasteiger partial charge in [-0.25, -0.2) is 4.79 Å². The molecule has 0 aliphatic carbocycles. The van der Waals surface area contributed by atoms with Crippen LogP contribution in [0.3, 0.4) is 0 Å². The third-order valence-corrected chi connectivity index (χ3v) is 2.78. The fourth-order valence-corrected chi connectivity index (χ4v) is 1.75. The molecule has 0 fully saturated rings. The number of aromatic nitrogens is 1. The summed E-state index contributed by atoms with van der Waals surface area (Å²) >= 11 is 0. The molecule has 0 saturated heterocycles. The number of rotatable bonds is 6. The average Bonchev–Trinajstić information content (AvgIpc) is 2.48. The molecule has 0 aliphatic rings. The molecule has 0 bridgehead atoms. The number of aromatic carboxylic acids is 1. The fourth-order valence-electron chi connectivity index (χ4n) is 1.75. The molecular weight excluding hydrogens is 258 g/mol. The Kier molecular flexibility index (Phi) is 4.55. The molecule has 5 nitrogen and oxygen atoms in total. The maximum absolute atomic E-state index is 10.9. The molecule has 0 aliphatic heterocycles. The highest BCUT2D eigenvalue weighted by Crippen LogP contribution is 2.28. The molecule has 1 N–H and O–H groups in total. The van der Waals surface area contributed by atoms with Crippen LogP contribution in [0.5, 0.6) is 11.5 Å². The predicted octanol–water partition coefficient (Wildman–Crippen LogP) is 2.41. The minimum atomic E-state index is -0.996. The first kappa shape index (κ1) is 13.9. The Morgan fingerprint density at radius 3 is 2.80 bits per heavy atom. The number of carboxylic acids is 1. The van der Waals surface area contributed by atoms with E-state index >= 15 is 0 Å². The molecule has 1 heterocycles. The number of carbonyl (C=O) groups is 1. The summed E-state index contributed by atoms with van der Waals surface area (Å²) in [5.41, 5.74) is 1.23. The van der Waals surface area contributed by atoms with Gasteiger partial charge in [-0.2, -0.15) is 0 Å². The van der Waals surface area contributed by atoms with E-state index in [1.807, 2.05) is 12.1 Å². The number of benzene rings is 1. The van der Waals surface area contributed by atoms with E-state index in [2.05, 4.69) is 4.98 Å². The van der Waals surface area contributed by atoms with E-state index in [4.69, 9.17) is 14.6 Å². The lowest BCUT2D eigenvalue weighted by Crippen LogP contribution is -2.04. The molecule has 0 saturated carbocycles. The molecule has 0 atom stereocenters. The van der Waals surface area contributed by atoms with Crippen molar-refractivity contribution >= 4 is 5.97 Å². The van der Waals surface area contributed by atoms with E-state index in [-0.39, 0.29) is 5.56 Å². The van der Waals surface area contributed by atoms with Crippen LogP contribution in [-0.2, 0) is 6.42 Å². The number of nitrogens with zero attached hydrogens (tertiary/aromatic N) is 1. The molecule has 0 amide bonds. The molecule has 1 aromatic heterocycles. The number of ether oxygens (including phenoxy) is 2. The van der Waals surface area contributed by atoms with Gasteiger partial charge < -0.3 is 14.6 Å². The summed E-state index contributed by atoms with van der Waals surface area (Å²) in [6, 6.07) is 8.35. The molecule has 104 valence electrons. The van der Waals surface area contributed by atoms with Crippen LogP contribution in [0.1, 0.15) is 15.9 Å². The first-order chi connectivity index (χ1) is 9.70. The summed E-state index contributed by atoms with van der Waals surface area (Å²) in [7, 11) is 1.52. The number of pyridine rings is 1. The van der Waals surface area contributed by atoms with Gasteiger partial charge in [-0.3, -0.25) is 4.98 Å². The van der Waals surface area contributed by atoms with Gasteiger partial charge in [0, 0.05) is 18.8 Å². The molecule has 2 rings (SSSR count). The van der Waals surface area contributed by atoms with Crippen molar-refractivity contribution < 1.29 is 19.4 Å². The van der Waals surface area contributed by atoms with Gasteiger partial charge >= 0.3 is 5.97 Å². The molecule has 20 heavy (non-hydrogen) atoms. The van der Waals surface area contributed by atoms with Gasteiger partial charge in [0.05, 0.1) is 19.3 Å². The van der Waals surface area contributed by atoms with E-state index in [9.17, 15) is 4.79 Å². The van der Waals surface area contributed by atoms with E-state index < -0.39 is 5.97 Å².